The average molecular weight is 424 g/mol. The van der Waals surface area contributed by atoms with Crippen LogP contribution in [0.2, 0.25) is 0 Å². The number of hydrogen-bond donors (Lipinski definition) is 0. The predicted molar refractivity (Wildman–Crippen MR) is 112 cm³/mol. The topological polar surface area (TPSA) is 55.4 Å². The van der Waals surface area contributed by atoms with Crippen LogP contribution >= 0.6 is 0 Å². The van der Waals surface area contributed by atoms with Gasteiger partial charge in [0.05, 0.1) is 6.61 Å². The van der Waals surface area contributed by atoms with Gasteiger partial charge in [0.15, 0.2) is 17.9 Å². The lowest BCUT2D eigenvalue weighted by molar-refractivity contribution is -0.254. The first kappa shape index (κ1) is 19.9. The van der Waals surface area contributed by atoms with E-state index in [1.165, 1.54) is 11.1 Å². The standard InChI is InChI=1S/C25H28O6/c1-24(2)26-13-18(29-24)20-21-22(31-25(3,4)30-21)23(28-20)27-19-16-11-7-5-9-14(16)15-10-6-8-12-17(15)19/h5-12,18-23H,13H2,1-4H3/t18-,20-,21+,22+,23+/m1/s1. The molecule has 0 amide bonds. The molecule has 6 rings (SSSR count). The van der Waals surface area contributed by atoms with Crippen molar-refractivity contribution in [2.75, 3.05) is 6.61 Å². The van der Waals surface area contributed by atoms with Crippen LogP contribution in [0, 0.1) is 0 Å². The molecule has 3 heterocycles. The van der Waals surface area contributed by atoms with Gasteiger partial charge in [-0.1, -0.05) is 48.5 Å². The maximum absolute atomic E-state index is 6.65. The summed E-state index contributed by atoms with van der Waals surface area (Å²) >= 11 is 0. The summed E-state index contributed by atoms with van der Waals surface area (Å²) < 4.78 is 37.4. The van der Waals surface area contributed by atoms with Gasteiger partial charge < -0.3 is 28.4 Å². The van der Waals surface area contributed by atoms with Crippen molar-refractivity contribution in [3.05, 3.63) is 59.7 Å². The third-order valence-electron chi connectivity index (χ3n) is 6.49. The molecule has 3 saturated heterocycles. The predicted octanol–water partition coefficient (Wildman–Crippen LogP) is 4.17. The Morgan fingerprint density at radius 2 is 1.35 bits per heavy atom. The van der Waals surface area contributed by atoms with E-state index >= 15 is 0 Å². The zero-order chi connectivity index (χ0) is 21.4. The van der Waals surface area contributed by atoms with Crippen molar-refractivity contribution in [3.8, 4) is 11.1 Å². The highest BCUT2D eigenvalue weighted by Crippen LogP contribution is 2.49. The molecule has 1 aliphatic carbocycles. The summed E-state index contributed by atoms with van der Waals surface area (Å²) in [6.07, 6.45) is -1.99. The van der Waals surface area contributed by atoms with Crippen LogP contribution in [0.4, 0.5) is 0 Å². The molecule has 0 bridgehead atoms. The van der Waals surface area contributed by atoms with Crippen molar-refractivity contribution in [1.29, 1.82) is 0 Å². The summed E-state index contributed by atoms with van der Waals surface area (Å²) in [4.78, 5) is 0. The number of fused-ring (bicyclic) bond motifs is 4. The Kier molecular flexibility index (Phi) is 4.39. The van der Waals surface area contributed by atoms with Crippen LogP contribution in [-0.2, 0) is 28.4 Å². The van der Waals surface area contributed by atoms with Gasteiger partial charge >= 0.3 is 0 Å². The van der Waals surface area contributed by atoms with Crippen LogP contribution in [0.15, 0.2) is 48.5 Å². The van der Waals surface area contributed by atoms with Crippen LogP contribution in [0.25, 0.3) is 11.1 Å². The molecular weight excluding hydrogens is 396 g/mol. The Bertz CT molecular complexity index is 956. The van der Waals surface area contributed by atoms with Crippen molar-refractivity contribution in [2.24, 2.45) is 0 Å². The van der Waals surface area contributed by atoms with Crippen LogP contribution in [0.5, 0.6) is 0 Å². The van der Waals surface area contributed by atoms with Gasteiger partial charge in [-0.3, -0.25) is 0 Å². The highest BCUT2D eigenvalue weighted by atomic mass is 16.8. The Labute approximate surface area is 182 Å². The van der Waals surface area contributed by atoms with E-state index in [1.807, 2.05) is 39.8 Å². The molecule has 0 N–H and O–H groups in total. The molecule has 0 radical (unpaired) electrons. The largest absolute Gasteiger partial charge is 0.348 e. The smallest absolute Gasteiger partial charge is 0.188 e. The van der Waals surface area contributed by atoms with Crippen molar-refractivity contribution in [1.82, 2.24) is 0 Å². The van der Waals surface area contributed by atoms with E-state index in [1.54, 1.807) is 0 Å². The minimum atomic E-state index is -0.709. The average Bonchev–Trinajstić information content (AvgIpc) is 3.43. The first-order valence-electron chi connectivity index (χ1n) is 11.0. The highest BCUT2D eigenvalue weighted by molar-refractivity contribution is 5.78. The lowest BCUT2D eigenvalue weighted by Gasteiger charge is -2.28. The molecule has 3 aliphatic heterocycles. The monoisotopic (exact) mass is 424 g/mol. The van der Waals surface area contributed by atoms with E-state index in [2.05, 4.69) is 36.4 Å². The Hall–Kier alpha value is -1.80. The van der Waals surface area contributed by atoms with Crippen molar-refractivity contribution in [2.45, 2.75) is 76.1 Å². The third-order valence-corrected chi connectivity index (χ3v) is 6.49. The zero-order valence-corrected chi connectivity index (χ0v) is 18.2. The van der Waals surface area contributed by atoms with Crippen molar-refractivity contribution in [3.63, 3.8) is 0 Å². The summed E-state index contributed by atoms with van der Waals surface area (Å²) in [6.45, 7) is 8.13. The highest BCUT2D eigenvalue weighted by Gasteiger charge is 2.60. The van der Waals surface area contributed by atoms with Gasteiger partial charge in [-0.2, -0.15) is 0 Å². The molecular formula is C25H28O6. The van der Waals surface area contributed by atoms with E-state index in [9.17, 15) is 0 Å². The fraction of sp³-hybridized carbons (Fsp3) is 0.520. The third kappa shape index (κ3) is 3.25. The quantitative estimate of drug-likeness (QED) is 0.737. The molecule has 5 atom stereocenters. The maximum atomic E-state index is 6.65. The molecule has 3 fully saturated rings. The van der Waals surface area contributed by atoms with Crippen molar-refractivity contribution < 1.29 is 28.4 Å². The van der Waals surface area contributed by atoms with Gasteiger partial charge in [0.2, 0.25) is 0 Å². The minimum absolute atomic E-state index is 0.221. The molecule has 164 valence electrons. The van der Waals surface area contributed by atoms with Gasteiger partial charge in [0, 0.05) is 0 Å². The number of hydrogen-bond acceptors (Lipinski definition) is 6. The van der Waals surface area contributed by atoms with E-state index in [-0.39, 0.29) is 30.5 Å². The second-order valence-corrected chi connectivity index (χ2v) is 9.59. The first-order chi connectivity index (χ1) is 14.8. The molecule has 6 nitrogen and oxygen atoms in total. The number of rotatable bonds is 3. The Morgan fingerprint density at radius 3 is 1.97 bits per heavy atom. The maximum Gasteiger partial charge on any atom is 0.188 e. The van der Waals surface area contributed by atoms with Crippen LogP contribution in [-0.4, -0.2) is 48.9 Å². The first-order valence-corrected chi connectivity index (χ1v) is 11.0. The molecule has 0 spiro atoms. The van der Waals surface area contributed by atoms with Crippen LogP contribution < -0.4 is 0 Å². The fourth-order valence-electron chi connectivity index (χ4n) is 5.27. The second kappa shape index (κ2) is 6.85. The van der Waals surface area contributed by atoms with Gasteiger partial charge in [0.1, 0.15) is 30.5 Å². The normalized spacial score (nSPS) is 35.2. The van der Waals surface area contributed by atoms with Crippen LogP contribution in [0.3, 0.4) is 0 Å². The summed E-state index contributed by atoms with van der Waals surface area (Å²) in [5.74, 6) is -1.35. The minimum Gasteiger partial charge on any atom is -0.348 e. The molecule has 31 heavy (non-hydrogen) atoms. The van der Waals surface area contributed by atoms with Gasteiger partial charge in [0.25, 0.3) is 0 Å². The van der Waals surface area contributed by atoms with Gasteiger partial charge in [-0.25, -0.2) is 0 Å². The zero-order valence-electron chi connectivity index (χ0n) is 18.2. The second-order valence-electron chi connectivity index (χ2n) is 9.59. The summed E-state index contributed by atoms with van der Waals surface area (Å²) in [7, 11) is 0. The fourth-order valence-corrected chi connectivity index (χ4v) is 5.27. The Morgan fingerprint density at radius 1 is 0.742 bits per heavy atom. The number of ether oxygens (including phenoxy) is 6. The van der Waals surface area contributed by atoms with E-state index in [4.69, 9.17) is 28.4 Å². The molecule has 0 unspecified atom stereocenters. The number of benzene rings is 2. The summed E-state index contributed by atoms with van der Waals surface area (Å²) in [5, 5.41) is 0. The molecule has 4 aliphatic rings. The summed E-state index contributed by atoms with van der Waals surface area (Å²) in [6, 6.07) is 16.7. The van der Waals surface area contributed by atoms with Crippen LogP contribution in [0.1, 0.15) is 44.9 Å². The SMILES string of the molecule is CC1(C)O[C@@H]2[C@H](O1)[C@@H](OC1c3ccccc3-c3ccccc31)O[C@@H]2[C@H]1COC(C)(C)O1. The molecule has 0 aromatic heterocycles. The van der Waals surface area contributed by atoms with E-state index in [0.717, 1.165) is 11.1 Å². The molecule has 2 aromatic carbocycles. The Balaban J connectivity index is 1.31. The lowest BCUT2D eigenvalue weighted by atomic mass is 10.1. The van der Waals surface area contributed by atoms with Gasteiger partial charge in [-0.15, -0.1) is 0 Å². The molecule has 6 heteroatoms. The van der Waals surface area contributed by atoms with Crippen molar-refractivity contribution >= 4 is 0 Å². The molecule has 2 aromatic rings. The summed E-state index contributed by atoms with van der Waals surface area (Å²) in [5.41, 5.74) is 4.69. The van der Waals surface area contributed by atoms with E-state index < -0.39 is 17.9 Å². The van der Waals surface area contributed by atoms with Gasteiger partial charge in [-0.05, 0) is 49.9 Å². The lowest BCUT2D eigenvalue weighted by Crippen LogP contribution is -2.40. The van der Waals surface area contributed by atoms with E-state index in [0.29, 0.717) is 6.61 Å². The molecule has 0 saturated carbocycles.